The number of carbonyl (C=O) groups excluding carboxylic acids is 1. The van der Waals surface area contributed by atoms with Gasteiger partial charge in [0.1, 0.15) is 11.5 Å². The molecule has 7 heteroatoms. The number of nitrogens with zero attached hydrogens (tertiary/aromatic N) is 1. The predicted molar refractivity (Wildman–Crippen MR) is 98.9 cm³/mol. The number of non-ortho nitro benzene ring substituents is 1. The van der Waals surface area contributed by atoms with Crippen molar-refractivity contribution in [3.05, 3.63) is 58.1 Å². The Morgan fingerprint density at radius 1 is 1.12 bits per heavy atom. The number of carbonyl (C=O) groups is 1. The normalized spacial score (nSPS) is 11.7. The van der Waals surface area contributed by atoms with Crippen molar-refractivity contribution in [2.24, 2.45) is 0 Å². The van der Waals surface area contributed by atoms with Gasteiger partial charge in [-0.3, -0.25) is 14.9 Å². The average molecular weight is 358 g/mol. The number of ether oxygens (including phenoxy) is 2. The van der Waals surface area contributed by atoms with Crippen molar-refractivity contribution in [3.8, 4) is 11.5 Å². The summed E-state index contributed by atoms with van der Waals surface area (Å²) in [7, 11) is 1.42. The number of anilines is 1. The first-order valence-electron chi connectivity index (χ1n) is 8.21. The summed E-state index contributed by atoms with van der Waals surface area (Å²) in [5.41, 5.74) is 1.26. The average Bonchev–Trinajstić information content (AvgIpc) is 2.61. The third-order valence-corrected chi connectivity index (χ3v) is 3.88. The zero-order valence-electron chi connectivity index (χ0n) is 15.2. The molecule has 0 saturated carbocycles. The van der Waals surface area contributed by atoms with E-state index in [0.717, 1.165) is 0 Å². The lowest BCUT2D eigenvalue weighted by molar-refractivity contribution is -0.384. The van der Waals surface area contributed by atoms with Gasteiger partial charge < -0.3 is 14.8 Å². The number of rotatable bonds is 7. The van der Waals surface area contributed by atoms with Crippen molar-refractivity contribution < 1.29 is 19.2 Å². The van der Waals surface area contributed by atoms with E-state index in [1.54, 1.807) is 6.92 Å². The molecule has 0 aliphatic carbocycles. The van der Waals surface area contributed by atoms with Crippen molar-refractivity contribution in [2.45, 2.75) is 32.8 Å². The van der Waals surface area contributed by atoms with Gasteiger partial charge >= 0.3 is 0 Å². The Morgan fingerprint density at radius 3 is 2.31 bits per heavy atom. The largest absolute Gasteiger partial charge is 0.495 e. The highest BCUT2D eigenvalue weighted by Crippen LogP contribution is 2.29. The van der Waals surface area contributed by atoms with Crippen molar-refractivity contribution in [1.82, 2.24) is 0 Å². The number of hydrogen-bond donors (Lipinski definition) is 1. The summed E-state index contributed by atoms with van der Waals surface area (Å²) in [5, 5.41) is 13.5. The maximum atomic E-state index is 12.4. The van der Waals surface area contributed by atoms with Crippen LogP contribution in [0.2, 0.25) is 0 Å². The van der Waals surface area contributed by atoms with Crippen LogP contribution in [0.3, 0.4) is 0 Å². The van der Waals surface area contributed by atoms with Gasteiger partial charge in [-0.05, 0) is 36.6 Å². The van der Waals surface area contributed by atoms with Gasteiger partial charge in [-0.15, -0.1) is 0 Å². The highest BCUT2D eigenvalue weighted by Gasteiger charge is 2.19. The van der Waals surface area contributed by atoms with E-state index in [9.17, 15) is 14.9 Å². The SMILES string of the molecule is COc1ccc([N+](=O)[O-])cc1NC(=O)C(C)Oc1ccc(C(C)C)cc1. The first-order chi connectivity index (χ1) is 12.3. The van der Waals surface area contributed by atoms with Gasteiger partial charge in [0.25, 0.3) is 11.6 Å². The van der Waals surface area contributed by atoms with Crippen molar-refractivity contribution >= 4 is 17.3 Å². The number of amides is 1. The van der Waals surface area contributed by atoms with Crippen LogP contribution < -0.4 is 14.8 Å². The summed E-state index contributed by atoms with van der Waals surface area (Å²) >= 11 is 0. The molecular weight excluding hydrogens is 336 g/mol. The number of hydrogen-bond acceptors (Lipinski definition) is 5. The molecule has 2 aromatic rings. The van der Waals surface area contributed by atoms with E-state index in [-0.39, 0.29) is 11.4 Å². The summed E-state index contributed by atoms with van der Waals surface area (Å²) in [5.74, 6) is 0.878. The molecule has 0 aromatic heterocycles. The zero-order chi connectivity index (χ0) is 19.3. The topological polar surface area (TPSA) is 90.7 Å². The van der Waals surface area contributed by atoms with Crippen LogP contribution in [0.25, 0.3) is 0 Å². The number of nitro groups is 1. The standard InChI is InChI=1S/C19H22N2O5/c1-12(2)14-5-8-16(9-6-14)26-13(3)19(22)20-17-11-15(21(23)24)7-10-18(17)25-4/h5-13H,1-4H3,(H,20,22). The minimum atomic E-state index is -0.788. The molecule has 1 N–H and O–H groups in total. The molecule has 0 aliphatic rings. The monoisotopic (exact) mass is 358 g/mol. The summed E-state index contributed by atoms with van der Waals surface area (Å²) in [6, 6.07) is 11.5. The fourth-order valence-corrected chi connectivity index (χ4v) is 2.33. The molecular formula is C19H22N2O5. The van der Waals surface area contributed by atoms with E-state index < -0.39 is 16.9 Å². The van der Waals surface area contributed by atoms with Gasteiger partial charge in [-0.2, -0.15) is 0 Å². The molecule has 0 saturated heterocycles. The second kappa shape index (κ2) is 8.33. The second-order valence-corrected chi connectivity index (χ2v) is 6.11. The lowest BCUT2D eigenvalue weighted by atomic mass is 10.0. The molecule has 2 rings (SSSR count). The molecule has 0 aliphatic heterocycles. The van der Waals surface area contributed by atoms with Gasteiger partial charge in [-0.1, -0.05) is 26.0 Å². The molecule has 0 spiro atoms. The van der Waals surface area contributed by atoms with E-state index in [2.05, 4.69) is 19.2 Å². The quantitative estimate of drug-likeness (QED) is 0.593. The van der Waals surface area contributed by atoms with Gasteiger partial charge in [0.05, 0.1) is 17.7 Å². The molecule has 0 fully saturated rings. The molecule has 138 valence electrons. The molecule has 1 atom stereocenters. The maximum Gasteiger partial charge on any atom is 0.271 e. The minimum Gasteiger partial charge on any atom is -0.495 e. The van der Waals surface area contributed by atoms with E-state index in [0.29, 0.717) is 17.4 Å². The van der Waals surface area contributed by atoms with Gasteiger partial charge in [0.15, 0.2) is 6.10 Å². The molecule has 0 bridgehead atoms. The van der Waals surface area contributed by atoms with Crippen molar-refractivity contribution in [1.29, 1.82) is 0 Å². The van der Waals surface area contributed by atoms with Crippen molar-refractivity contribution in [3.63, 3.8) is 0 Å². The fourth-order valence-electron chi connectivity index (χ4n) is 2.33. The molecule has 1 unspecified atom stereocenters. The Hall–Kier alpha value is -3.09. The van der Waals surface area contributed by atoms with E-state index in [4.69, 9.17) is 9.47 Å². The van der Waals surface area contributed by atoms with Crippen LogP contribution in [0, 0.1) is 10.1 Å². The fraction of sp³-hybridized carbons (Fsp3) is 0.316. The summed E-state index contributed by atoms with van der Waals surface area (Å²) in [4.78, 5) is 22.8. The van der Waals surface area contributed by atoms with Crippen molar-refractivity contribution in [2.75, 3.05) is 12.4 Å². The van der Waals surface area contributed by atoms with Gasteiger partial charge in [0.2, 0.25) is 0 Å². The van der Waals surface area contributed by atoms with Crippen LogP contribution in [-0.2, 0) is 4.79 Å². The summed E-state index contributed by atoms with van der Waals surface area (Å²) < 4.78 is 10.8. The molecule has 0 radical (unpaired) electrons. The third-order valence-electron chi connectivity index (χ3n) is 3.88. The van der Waals surface area contributed by atoms with Gasteiger partial charge in [0, 0.05) is 12.1 Å². The molecule has 7 nitrogen and oxygen atoms in total. The Kier molecular flexibility index (Phi) is 6.16. The van der Waals surface area contributed by atoms with E-state index >= 15 is 0 Å². The zero-order valence-corrected chi connectivity index (χ0v) is 15.2. The Bertz CT molecular complexity index is 787. The van der Waals surface area contributed by atoms with Crippen LogP contribution in [0.15, 0.2) is 42.5 Å². The maximum absolute atomic E-state index is 12.4. The van der Waals surface area contributed by atoms with Crippen LogP contribution in [0.1, 0.15) is 32.3 Å². The number of benzene rings is 2. The molecule has 1 amide bonds. The van der Waals surface area contributed by atoms with E-state index in [1.807, 2.05) is 24.3 Å². The lowest BCUT2D eigenvalue weighted by Gasteiger charge is -2.16. The smallest absolute Gasteiger partial charge is 0.271 e. The van der Waals surface area contributed by atoms with Crippen LogP contribution in [0.5, 0.6) is 11.5 Å². The molecule has 0 heterocycles. The van der Waals surface area contributed by atoms with Crippen LogP contribution >= 0.6 is 0 Å². The van der Waals surface area contributed by atoms with Gasteiger partial charge in [-0.25, -0.2) is 0 Å². The number of nitrogens with one attached hydrogen (secondary N) is 1. The van der Waals surface area contributed by atoms with Crippen LogP contribution in [0.4, 0.5) is 11.4 Å². The Morgan fingerprint density at radius 2 is 1.77 bits per heavy atom. The molecule has 26 heavy (non-hydrogen) atoms. The second-order valence-electron chi connectivity index (χ2n) is 6.11. The first kappa shape index (κ1) is 19.2. The lowest BCUT2D eigenvalue weighted by Crippen LogP contribution is -2.30. The van der Waals surface area contributed by atoms with E-state index in [1.165, 1.54) is 30.9 Å². The third kappa shape index (κ3) is 4.72. The highest BCUT2D eigenvalue weighted by atomic mass is 16.6. The predicted octanol–water partition coefficient (Wildman–Crippen LogP) is 4.13. The highest BCUT2D eigenvalue weighted by molar-refractivity contribution is 5.95. The van der Waals surface area contributed by atoms with Crippen LogP contribution in [-0.4, -0.2) is 24.0 Å². The minimum absolute atomic E-state index is 0.140. The Balaban J connectivity index is 2.09. The summed E-state index contributed by atoms with van der Waals surface area (Å²) in [6.45, 7) is 5.80. The molecule has 2 aromatic carbocycles. The number of nitro benzene ring substituents is 1. The Labute approximate surface area is 152 Å². The summed E-state index contributed by atoms with van der Waals surface area (Å²) in [6.07, 6.45) is -0.788. The first-order valence-corrected chi connectivity index (χ1v) is 8.21. The number of methoxy groups -OCH3 is 1.